The van der Waals surface area contributed by atoms with E-state index in [0.717, 1.165) is 5.56 Å². The van der Waals surface area contributed by atoms with E-state index in [1.165, 1.54) is 37.5 Å². The minimum Gasteiger partial charge on any atom is -0.456 e. The van der Waals surface area contributed by atoms with E-state index in [9.17, 15) is 30.3 Å². The van der Waals surface area contributed by atoms with Gasteiger partial charge in [0, 0.05) is 13.2 Å². The maximum atomic E-state index is 12.2. The van der Waals surface area contributed by atoms with Crippen LogP contribution in [0.15, 0.2) is 39.5 Å². The average Bonchev–Trinajstić information content (AvgIpc) is 3.21. The number of hydrogen-bond donors (Lipinski definition) is 1. The third-order valence-electron chi connectivity index (χ3n) is 4.56. The van der Waals surface area contributed by atoms with Crippen LogP contribution in [0.2, 0.25) is 0 Å². The maximum Gasteiger partial charge on any atom is 0.299 e. The molecule has 11 heteroatoms. The second kappa shape index (κ2) is 9.07. The third-order valence-corrected chi connectivity index (χ3v) is 4.56. The van der Waals surface area contributed by atoms with Gasteiger partial charge in [-0.25, -0.2) is 0 Å². The SMILES string of the molecule is COCc1c([N+](=O)[O-])c(C=Cc2ccc(-c3ccc(C)cc3[N+](=O)[O-])o2)[nH]c(=O)c1C#N. The first-order chi connectivity index (χ1) is 15.3. The van der Waals surface area contributed by atoms with Crippen molar-refractivity contribution in [2.75, 3.05) is 7.11 Å². The molecule has 0 atom stereocenters. The van der Waals surface area contributed by atoms with Gasteiger partial charge in [-0.05, 0) is 42.8 Å². The Hall–Kier alpha value is -4.56. The first-order valence-corrected chi connectivity index (χ1v) is 9.12. The molecule has 1 aromatic carbocycles. The normalized spacial score (nSPS) is 10.9. The summed E-state index contributed by atoms with van der Waals surface area (Å²) in [5, 5.41) is 32.2. The zero-order chi connectivity index (χ0) is 23.4. The van der Waals surface area contributed by atoms with Gasteiger partial charge < -0.3 is 14.1 Å². The van der Waals surface area contributed by atoms with Crippen molar-refractivity contribution in [2.45, 2.75) is 13.5 Å². The van der Waals surface area contributed by atoms with Gasteiger partial charge in [0.1, 0.15) is 28.8 Å². The number of methoxy groups -OCH3 is 1. The van der Waals surface area contributed by atoms with Gasteiger partial charge in [-0.3, -0.25) is 25.0 Å². The summed E-state index contributed by atoms with van der Waals surface area (Å²) in [6.07, 6.45) is 2.62. The van der Waals surface area contributed by atoms with Gasteiger partial charge in [0.05, 0.1) is 27.6 Å². The summed E-state index contributed by atoms with van der Waals surface area (Å²) in [6, 6.07) is 9.42. The van der Waals surface area contributed by atoms with Crippen LogP contribution in [0.1, 0.15) is 28.1 Å². The molecule has 2 aromatic heterocycles. The Kier molecular flexibility index (Phi) is 6.27. The fourth-order valence-electron chi connectivity index (χ4n) is 3.15. The maximum absolute atomic E-state index is 12.2. The fourth-order valence-corrected chi connectivity index (χ4v) is 3.15. The van der Waals surface area contributed by atoms with Crippen molar-refractivity contribution < 1.29 is 19.0 Å². The highest BCUT2D eigenvalue weighted by Gasteiger charge is 2.25. The van der Waals surface area contributed by atoms with Crippen LogP contribution in [0, 0.1) is 38.5 Å². The summed E-state index contributed by atoms with van der Waals surface area (Å²) in [4.78, 5) is 36.3. The van der Waals surface area contributed by atoms with Crippen LogP contribution < -0.4 is 5.56 Å². The largest absolute Gasteiger partial charge is 0.456 e. The van der Waals surface area contributed by atoms with Gasteiger partial charge in [-0.1, -0.05) is 6.07 Å². The number of pyridine rings is 1. The molecule has 3 aromatic rings. The van der Waals surface area contributed by atoms with Crippen molar-refractivity contribution in [3.63, 3.8) is 0 Å². The summed E-state index contributed by atoms with van der Waals surface area (Å²) in [7, 11) is 1.29. The highest BCUT2D eigenvalue weighted by Crippen LogP contribution is 2.33. The predicted octanol–water partition coefficient (Wildman–Crippen LogP) is 3.95. The van der Waals surface area contributed by atoms with Crippen molar-refractivity contribution in [1.29, 1.82) is 5.26 Å². The zero-order valence-corrected chi connectivity index (χ0v) is 16.9. The molecule has 162 valence electrons. The molecule has 32 heavy (non-hydrogen) atoms. The first-order valence-electron chi connectivity index (χ1n) is 9.12. The van der Waals surface area contributed by atoms with E-state index in [2.05, 4.69) is 4.98 Å². The number of rotatable bonds is 7. The summed E-state index contributed by atoms with van der Waals surface area (Å²) < 4.78 is 10.6. The number of aromatic nitrogens is 1. The highest BCUT2D eigenvalue weighted by atomic mass is 16.6. The molecule has 0 spiro atoms. The van der Waals surface area contributed by atoms with Crippen LogP contribution in [0.25, 0.3) is 23.5 Å². The van der Waals surface area contributed by atoms with Gasteiger partial charge in [0.25, 0.3) is 16.9 Å². The Bertz CT molecular complexity index is 1350. The molecular weight excluding hydrogens is 420 g/mol. The Labute approximate surface area is 180 Å². The van der Waals surface area contributed by atoms with Crippen LogP contribution in [0.5, 0.6) is 0 Å². The molecule has 0 aliphatic carbocycles. The van der Waals surface area contributed by atoms with Crippen LogP contribution >= 0.6 is 0 Å². The second-order valence-corrected chi connectivity index (χ2v) is 6.68. The smallest absolute Gasteiger partial charge is 0.299 e. The van der Waals surface area contributed by atoms with E-state index in [0.29, 0.717) is 0 Å². The molecule has 0 saturated carbocycles. The molecule has 3 rings (SSSR count). The Morgan fingerprint density at radius 3 is 2.56 bits per heavy atom. The lowest BCUT2D eigenvalue weighted by atomic mass is 10.1. The number of aromatic amines is 1. The number of nitrogens with one attached hydrogen (secondary N) is 1. The van der Waals surface area contributed by atoms with Crippen LogP contribution in [-0.2, 0) is 11.3 Å². The molecule has 2 heterocycles. The van der Waals surface area contributed by atoms with Gasteiger partial charge in [-0.15, -0.1) is 0 Å². The molecule has 0 saturated heterocycles. The fraction of sp³-hybridized carbons (Fsp3) is 0.143. The quantitative estimate of drug-likeness (QED) is 0.429. The van der Waals surface area contributed by atoms with Crippen LogP contribution in [-0.4, -0.2) is 21.9 Å². The number of H-pyrrole nitrogens is 1. The standard InChI is InChI=1S/C21H16N4O7/c1-12-3-6-14(18(9-12)24(27)28)19-8-5-13(32-19)4-7-17-20(25(29)30)16(11-31-2)15(10-22)21(26)23-17/h3-9H,11H2,1-2H3,(H,23,26). The van der Waals surface area contributed by atoms with E-state index in [-0.39, 0.29) is 40.6 Å². The van der Waals surface area contributed by atoms with E-state index >= 15 is 0 Å². The summed E-state index contributed by atoms with van der Waals surface area (Å²) >= 11 is 0. The highest BCUT2D eigenvalue weighted by molar-refractivity contribution is 5.75. The lowest BCUT2D eigenvalue weighted by Gasteiger charge is -2.06. The summed E-state index contributed by atoms with van der Waals surface area (Å²) in [5.41, 5.74) is -1.07. The number of nitriles is 1. The summed E-state index contributed by atoms with van der Waals surface area (Å²) in [6.45, 7) is 1.43. The number of nitrogens with zero attached hydrogens (tertiary/aromatic N) is 3. The number of ether oxygens (including phenoxy) is 1. The Balaban J connectivity index is 2.05. The predicted molar refractivity (Wildman–Crippen MR) is 114 cm³/mol. The molecule has 0 aliphatic rings. The first kappa shape index (κ1) is 22.1. The number of nitro benzene ring substituents is 1. The van der Waals surface area contributed by atoms with Gasteiger partial charge >= 0.3 is 0 Å². The molecule has 1 N–H and O–H groups in total. The monoisotopic (exact) mass is 436 g/mol. The molecular formula is C21H16N4O7. The topological polar surface area (TPSA) is 165 Å². The Morgan fingerprint density at radius 2 is 1.94 bits per heavy atom. The van der Waals surface area contributed by atoms with E-state index < -0.39 is 26.7 Å². The third kappa shape index (κ3) is 4.30. The number of nitro groups is 2. The molecule has 0 unspecified atom stereocenters. The van der Waals surface area contributed by atoms with Crippen LogP contribution in [0.4, 0.5) is 11.4 Å². The zero-order valence-electron chi connectivity index (χ0n) is 16.9. The number of hydrogen-bond acceptors (Lipinski definition) is 8. The molecule has 0 amide bonds. The van der Waals surface area contributed by atoms with Crippen molar-refractivity contribution in [2.24, 2.45) is 0 Å². The summed E-state index contributed by atoms with van der Waals surface area (Å²) in [5.74, 6) is 0.474. The molecule has 0 bridgehead atoms. The van der Waals surface area contributed by atoms with E-state index in [4.69, 9.17) is 9.15 Å². The lowest BCUT2D eigenvalue weighted by molar-refractivity contribution is -0.386. The molecule has 11 nitrogen and oxygen atoms in total. The van der Waals surface area contributed by atoms with Crippen molar-refractivity contribution in [3.8, 4) is 17.4 Å². The number of furan rings is 1. The average molecular weight is 436 g/mol. The molecule has 0 fully saturated rings. The van der Waals surface area contributed by atoms with Gasteiger partial charge in [-0.2, -0.15) is 5.26 Å². The number of benzene rings is 1. The lowest BCUT2D eigenvalue weighted by Crippen LogP contribution is -2.18. The van der Waals surface area contributed by atoms with Crippen molar-refractivity contribution in [1.82, 2.24) is 4.98 Å². The van der Waals surface area contributed by atoms with E-state index in [1.54, 1.807) is 25.1 Å². The molecule has 0 aliphatic heterocycles. The van der Waals surface area contributed by atoms with Crippen LogP contribution in [0.3, 0.4) is 0 Å². The van der Waals surface area contributed by atoms with Gasteiger partial charge in [0.2, 0.25) is 0 Å². The van der Waals surface area contributed by atoms with Crippen molar-refractivity contribution >= 4 is 23.5 Å². The van der Waals surface area contributed by atoms with E-state index in [1.807, 2.05) is 0 Å². The van der Waals surface area contributed by atoms with Gasteiger partial charge in [0.15, 0.2) is 0 Å². The minimum atomic E-state index is -0.791. The second-order valence-electron chi connectivity index (χ2n) is 6.68. The minimum absolute atomic E-state index is 0.119. The number of aryl methyl sites for hydroxylation is 1. The molecule has 0 radical (unpaired) electrons. The Morgan fingerprint density at radius 1 is 1.19 bits per heavy atom. The van der Waals surface area contributed by atoms with Crippen molar-refractivity contribution in [3.05, 3.63) is 89.1 Å².